The summed E-state index contributed by atoms with van der Waals surface area (Å²) >= 11 is 1.07. The Morgan fingerprint density at radius 2 is 1.82 bits per heavy atom. The first-order valence-electron chi connectivity index (χ1n) is 8.38. The van der Waals surface area contributed by atoms with E-state index in [1.54, 1.807) is 29.6 Å². The quantitative estimate of drug-likeness (QED) is 0.547. The van der Waals surface area contributed by atoms with Gasteiger partial charge in [0, 0.05) is 6.54 Å². The number of rotatable bonds is 9. The van der Waals surface area contributed by atoms with Crippen LogP contribution in [-0.4, -0.2) is 30.0 Å². The summed E-state index contributed by atoms with van der Waals surface area (Å²) in [5, 5.41) is 0.467. The predicted molar refractivity (Wildman–Crippen MR) is 106 cm³/mol. The molecule has 1 N–H and O–H groups in total. The van der Waals surface area contributed by atoms with Crippen LogP contribution in [0.1, 0.15) is 17.9 Å². The molecule has 0 aliphatic carbocycles. The molecule has 10 heteroatoms. The van der Waals surface area contributed by atoms with Crippen LogP contribution in [0, 0.1) is 0 Å². The summed E-state index contributed by atoms with van der Waals surface area (Å²) in [6, 6.07) is 12.1. The van der Waals surface area contributed by atoms with Crippen molar-refractivity contribution in [3.05, 3.63) is 65.9 Å². The zero-order valence-electron chi connectivity index (χ0n) is 14.9. The molecule has 0 saturated carbocycles. The first kappa shape index (κ1) is 20.6. The average Bonchev–Trinajstić information content (AvgIpc) is 3.37. The van der Waals surface area contributed by atoms with Gasteiger partial charge in [-0.15, -0.1) is 11.3 Å². The predicted octanol–water partition coefficient (Wildman–Crippen LogP) is 3.23. The van der Waals surface area contributed by atoms with Crippen LogP contribution in [0.25, 0.3) is 0 Å². The summed E-state index contributed by atoms with van der Waals surface area (Å²) in [4.78, 5) is 0.0164. The molecule has 150 valence electrons. The Balaban J connectivity index is 1.84. The van der Waals surface area contributed by atoms with Crippen LogP contribution >= 0.6 is 11.3 Å². The van der Waals surface area contributed by atoms with Crippen LogP contribution in [0.4, 0.5) is 0 Å². The van der Waals surface area contributed by atoms with Crippen molar-refractivity contribution in [3.63, 3.8) is 0 Å². The molecule has 3 aromatic rings. The minimum Gasteiger partial charge on any atom is -0.494 e. The second kappa shape index (κ2) is 8.48. The number of sulfone groups is 1. The minimum atomic E-state index is -3.92. The van der Waals surface area contributed by atoms with Gasteiger partial charge in [0.2, 0.25) is 10.0 Å². The Labute approximate surface area is 167 Å². The molecule has 0 aliphatic rings. The van der Waals surface area contributed by atoms with E-state index in [1.165, 1.54) is 30.5 Å². The van der Waals surface area contributed by atoms with Crippen LogP contribution in [0.3, 0.4) is 0 Å². The third-order valence-electron chi connectivity index (χ3n) is 3.91. The van der Waals surface area contributed by atoms with E-state index in [-0.39, 0.29) is 21.4 Å². The van der Waals surface area contributed by atoms with Crippen molar-refractivity contribution in [2.24, 2.45) is 0 Å². The highest BCUT2D eigenvalue weighted by atomic mass is 32.2. The van der Waals surface area contributed by atoms with Gasteiger partial charge in [-0.25, -0.2) is 21.6 Å². The zero-order chi connectivity index (χ0) is 20.2. The molecular formula is C18H19NO6S3. The Morgan fingerprint density at radius 1 is 1.07 bits per heavy atom. The van der Waals surface area contributed by atoms with E-state index < -0.39 is 25.1 Å². The van der Waals surface area contributed by atoms with Gasteiger partial charge >= 0.3 is 0 Å². The van der Waals surface area contributed by atoms with Gasteiger partial charge < -0.3 is 9.15 Å². The number of benzene rings is 1. The van der Waals surface area contributed by atoms with Crippen LogP contribution < -0.4 is 9.46 Å². The van der Waals surface area contributed by atoms with Crippen molar-refractivity contribution in [1.29, 1.82) is 0 Å². The smallest absolute Gasteiger partial charge is 0.240 e. The second-order valence-electron chi connectivity index (χ2n) is 5.74. The molecule has 0 bridgehead atoms. The van der Waals surface area contributed by atoms with Gasteiger partial charge in [0.15, 0.2) is 9.84 Å². The number of nitrogens with one attached hydrogen (secondary N) is 1. The van der Waals surface area contributed by atoms with Gasteiger partial charge in [-0.3, -0.25) is 0 Å². The average molecular weight is 442 g/mol. The minimum absolute atomic E-state index is 0.0164. The molecule has 0 spiro atoms. The largest absolute Gasteiger partial charge is 0.494 e. The van der Waals surface area contributed by atoms with Gasteiger partial charge in [0.25, 0.3) is 0 Å². The molecule has 2 aromatic heterocycles. The van der Waals surface area contributed by atoms with Crippen LogP contribution in [0.15, 0.2) is 73.7 Å². The summed E-state index contributed by atoms with van der Waals surface area (Å²) in [7, 11) is -7.74. The lowest BCUT2D eigenvalue weighted by molar-refractivity contribution is 0.340. The highest BCUT2D eigenvalue weighted by Crippen LogP contribution is 2.31. The van der Waals surface area contributed by atoms with Gasteiger partial charge in [-0.2, -0.15) is 0 Å². The highest BCUT2D eigenvalue weighted by Gasteiger charge is 2.33. The lowest BCUT2D eigenvalue weighted by Crippen LogP contribution is -2.31. The summed E-state index contributed by atoms with van der Waals surface area (Å²) < 4.78 is 64.2. The Kier molecular flexibility index (Phi) is 6.23. The van der Waals surface area contributed by atoms with Crippen molar-refractivity contribution in [1.82, 2.24) is 4.72 Å². The summed E-state index contributed by atoms with van der Waals surface area (Å²) in [6.45, 7) is 1.94. The first-order valence-corrected chi connectivity index (χ1v) is 12.3. The zero-order valence-corrected chi connectivity index (χ0v) is 17.4. The monoisotopic (exact) mass is 441 g/mol. The fraction of sp³-hybridized carbons (Fsp3) is 0.222. The van der Waals surface area contributed by atoms with Gasteiger partial charge in [-0.05, 0) is 54.8 Å². The molecule has 28 heavy (non-hydrogen) atoms. The van der Waals surface area contributed by atoms with E-state index in [2.05, 4.69) is 4.72 Å². The first-order chi connectivity index (χ1) is 13.3. The molecule has 0 fully saturated rings. The number of hydrogen-bond acceptors (Lipinski definition) is 7. The van der Waals surface area contributed by atoms with E-state index in [1.807, 2.05) is 6.92 Å². The number of hydrogen-bond donors (Lipinski definition) is 1. The van der Waals surface area contributed by atoms with Crippen molar-refractivity contribution in [2.75, 3.05) is 13.2 Å². The standard InChI is InChI=1S/C18H19NO6S3/c1-2-24-14-7-9-15(10-8-14)28(22,23)19-13-17(16-5-3-11-25-16)27(20,21)18-6-4-12-26-18/h3-12,17,19H,2,13H2,1H3/t17-/m0/s1. The number of sulfonamides is 1. The third kappa shape index (κ3) is 4.46. The topological polar surface area (TPSA) is 103 Å². The molecule has 2 heterocycles. The molecule has 0 aliphatic heterocycles. The van der Waals surface area contributed by atoms with E-state index >= 15 is 0 Å². The van der Waals surface area contributed by atoms with Gasteiger partial charge in [0.05, 0.1) is 17.8 Å². The normalized spacial score (nSPS) is 13.3. The van der Waals surface area contributed by atoms with E-state index in [0.29, 0.717) is 12.4 Å². The lowest BCUT2D eigenvalue weighted by atomic mass is 10.3. The van der Waals surface area contributed by atoms with Crippen LogP contribution in [0.2, 0.25) is 0 Å². The summed E-state index contributed by atoms with van der Waals surface area (Å²) in [5.74, 6) is 0.720. The molecular weight excluding hydrogens is 422 g/mol. The Hall–Kier alpha value is -2.14. The number of thiophene rings is 1. The van der Waals surface area contributed by atoms with Gasteiger partial charge in [-0.1, -0.05) is 6.07 Å². The van der Waals surface area contributed by atoms with E-state index in [0.717, 1.165) is 11.3 Å². The van der Waals surface area contributed by atoms with Gasteiger partial charge in [0.1, 0.15) is 21.0 Å². The lowest BCUT2D eigenvalue weighted by Gasteiger charge is -2.16. The van der Waals surface area contributed by atoms with Crippen molar-refractivity contribution < 1.29 is 26.0 Å². The van der Waals surface area contributed by atoms with E-state index in [9.17, 15) is 16.8 Å². The van der Waals surface area contributed by atoms with Crippen molar-refractivity contribution >= 4 is 31.2 Å². The Bertz CT molecular complexity index is 1090. The fourth-order valence-electron chi connectivity index (χ4n) is 2.55. The molecule has 1 aromatic carbocycles. The maximum atomic E-state index is 13.0. The molecule has 7 nitrogen and oxygen atoms in total. The second-order valence-corrected chi connectivity index (χ2v) is 10.8. The number of furan rings is 1. The molecule has 0 radical (unpaired) electrons. The molecule has 0 saturated heterocycles. The maximum Gasteiger partial charge on any atom is 0.240 e. The molecule has 0 unspecified atom stereocenters. The van der Waals surface area contributed by atoms with E-state index in [4.69, 9.17) is 9.15 Å². The highest BCUT2D eigenvalue weighted by molar-refractivity contribution is 7.93. The molecule has 1 atom stereocenters. The van der Waals surface area contributed by atoms with Crippen LogP contribution in [-0.2, 0) is 19.9 Å². The Morgan fingerprint density at radius 3 is 2.39 bits per heavy atom. The third-order valence-corrected chi connectivity index (χ3v) is 8.85. The van der Waals surface area contributed by atoms with Crippen molar-refractivity contribution in [2.45, 2.75) is 21.3 Å². The maximum absolute atomic E-state index is 13.0. The molecule has 0 amide bonds. The van der Waals surface area contributed by atoms with Crippen LogP contribution in [0.5, 0.6) is 5.75 Å². The van der Waals surface area contributed by atoms with Crippen molar-refractivity contribution in [3.8, 4) is 5.75 Å². The fourth-order valence-corrected chi connectivity index (χ4v) is 6.50. The molecule has 3 rings (SSSR count). The number of ether oxygens (including phenoxy) is 1. The summed E-state index contributed by atoms with van der Waals surface area (Å²) in [6.07, 6.45) is 1.35. The summed E-state index contributed by atoms with van der Waals surface area (Å²) in [5.41, 5.74) is 0. The SMILES string of the molecule is CCOc1ccc(S(=O)(=O)NC[C@@H](c2ccco2)S(=O)(=O)c2cccs2)cc1.